The molecule has 0 atom stereocenters. The highest BCUT2D eigenvalue weighted by molar-refractivity contribution is 7.89. The average Bonchev–Trinajstić information content (AvgIpc) is 2.94. The zero-order valence-corrected chi connectivity index (χ0v) is 15.1. The maximum atomic E-state index is 12.5. The third-order valence-corrected chi connectivity index (χ3v) is 5.67. The van der Waals surface area contributed by atoms with Crippen LogP contribution in [-0.4, -0.2) is 41.8 Å². The molecule has 0 saturated carbocycles. The molecule has 0 aliphatic rings. The molecule has 10 nitrogen and oxygen atoms in total. The van der Waals surface area contributed by atoms with Gasteiger partial charge in [0.25, 0.3) is 5.69 Å². The lowest BCUT2D eigenvalue weighted by Gasteiger charge is -2.12. The molecule has 0 unspecified atom stereocenters. The highest BCUT2D eigenvalue weighted by Crippen LogP contribution is 2.37. The molecule has 0 aliphatic heterocycles. The molecular weight excluding hydrogens is 374 g/mol. The maximum Gasteiger partial charge on any atom is 0.270 e. The van der Waals surface area contributed by atoms with E-state index in [-0.39, 0.29) is 27.8 Å². The van der Waals surface area contributed by atoms with Crippen molar-refractivity contribution in [3.63, 3.8) is 0 Å². The normalized spacial score (nSPS) is 12.3. The van der Waals surface area contributed by atoms with Crippen LogP contribution in [0.1, 0.15) is 0 Å². The van der Waals surface area contributed by atoms with Gasteiger partial charge in [-0.2, -0.15) is 0 Å². The second kappa shape index (κ2) is 6.78. The van der Waals surface area contributed by atoms with Gasteiger partial charge in [-0.3, -0.25) is 10.1 Å². The van der Waals surface area contributed by atoms with E-state index in [9.17, 15) is 23.6 Å². The number of fused-ring (bicyclic) bond motifs is 1. The summed E-state index contributed by atoms with van der Waals surface area (Å²) in [4.78, 5) is 12.7. The largest absolute Gasteiger partial charge is 0.493 e. The van der Waals surface area contributed by atoms with Crippen LogP contribution in [0, 0.1) is 10.1 Å². The smallest absolute Gasteiger partial charge is 0.270 e. The number of azo groups is 1. The van der Waals surface area contributed by atoms with E-state index in [4.69, 9.17) is 0 Å². The van der Waals surface area contributed by atoms with Crippen LogP contribution in [0.5, 0.6) is 5.88 Å². The Bertz CT molecular complexity index is 1170. The second-order valence-electron chi connectivity index (χ2n) is 5.76. The Balaban J connectivity index is 2.15. The number of sulfonamides is 1. The molecule has 0 bridgehead atoms. The van der Waals surface area contributed by atoms with E-state index in [1.807, 2.05) is 0 Å². The Kier molecular flexibility index (Phi) is 4.64. The summed E-state index contributed by atoms with van der Waals surface area (Å²) in [6, 6.07) is 10.2. The van der Waals surface area contributed by atoms with Gasteiger partial charge >= 0.3 is 0 Å². The van der Waals surface area contributed by atoms with Crippen molar-refractivity contribution in [1.29, 1.82) is 0 Å². The molecule has 0 spiro atoms. The van der Waals surface area contributed by atoms with E-state index < -0.39 is 14.9 Å². The third-order valence-electron chi connectivity index (χ3n) is 3.83. The van der Waals surface area contributed by atoms with Crippen molar-refractivity contribution in [3.05, 3.63) is 52.6 Å². The van der Waals surface area contributed by atoms with Crippen LogP contribution in [0.25, 0.3) is 10.9 Å². The molecule has 0 aliphatic carbocycles. The van der Waals surface area contributed by atoms with Crippen molar-refractivity contribution in [3.8, 4) is 5.88 Å². The number of H-pyrrole nitrogens is 1. The van der Waals surface area contributed by atoms with Crippen LogP contribution in [0.2, 0.25) is 0 Å². The molecule has 1 aromatic heterocycles. The number of aromatic amines is 1. The van der Waals surface area contributed by atoms with E-state index in [1.54, 1.807) is 24.3 Å². The number of nitrogens with zero attached hydrogens (tertiary/aromatic N) is 4. The summed E-state index contributed by atoms with van der Waals surface area (Å²) in [7, 11) is -1.39. The van der Waals surface area contributed by atoms with Crippen molar-refractivity contribution >= 4 is 38.0 Å². The molecule has 0 amide bonds. The number of para-hydroxylation sites is 1. The number of rotatable bonds is 5. The number of nitro benzene ring substituents is 1. The van der Waals surface area contributed by atoms with Crippen molar-refractivity contribution in [1.82, 2.24) is 9.29 Å². The standard InChI is InChI=1S/C16H15N5O5S/c1-20(2)27(25,26)14-9-10(21(23)24)7-8-13(14)18-19-15-11-5-3-4-6-12(11)17-16(15)22/h3-9,17,22H,1-2H3. The molecule has 0 saturated heterocycles. The minimum atomic E-state index is -4.00. The first-order chi connectivity index (χ1) is 12.7. The van der Waals surface area contributed by atoms with Crippen LogP contribution in [-0.2, 0) is 10.0 Å². The molecule has 0 fully saturated rings. The molecule has 27 heavy (non-hydrogen) atoms. The number of aromatic hydroxyl groups is 1. The van der Waals surface area contributed by atoms with E-state index in [0.717, 1.165) is 16.4 Å². The summed E-state index contributed by atoms with van der Waals surface area (Å²) >= 11 is 0. The molecule has 2 aromatic carbocycles. The SMILES string of the molecule is CN(C)S(=O)(=O)c1cc([N+](=O)[O-])ccc1N=Nc1c(O)[nH]c2ccccc12. The first-order valence-corrected chi connectivity index (χ1v) is 9.08. The highest BCUT2D eigenvalue weighted by Gasteiger charge is 2.25. The zero-order chi connectivity index (χ0) is 19.8. The van der Waals surface area contributed by atoms with Gasteiger partial charge in [0, 0.05) is 31.6 Å². The number of nitro groups is 1. The Labute approximate surface area is 154 Å². The topological polar surface area (TPSA) is 141 Å². The quantitative estimate of drug-likeness (QED) is 0.390. The lowest BCUT2D eigenvalue weighted by atomic mass is 10.2. The zero-order valence-electron chi connectivity index (χ0n) is 14.3. The fourth-order valence-electron chi connectivity index (χ4n) is 2.42. The van der Waals surface area contributed by atoms with Gasteiger partial charge in [-0.25, -0.2) is 12.7 Å². The first kappa shape index (κ1) is 18.5. The van der Waals surface area contributed by atoms with Crippen LogP contribution in [0.15, 0.2) is 57.6 Å². The number of hydrogen-bond donors (Lipinski definition) is 2. The lowest BCUT2D eigenvalue weighted by molar-refractivity contribution is -0.385. The fourth-order valence-corrected chi connectivity index (χ4v) is 3.46. The van der Waals surface area contributed by atoms with E-state index in [1.165, 1.54) is 20.2 Å². The lowest BCUT2D eigenvalue weighted by Crippen LogP contribution is -2.22. The number of aromatic nitrogens is 1. The summed E-state index contributed by atoms with van der Waals surface area (Å²) in [5.41, 5.74) is 0.300. The highest BCUT2D eigenvalue weighted by atomic mass is 32.2. The van der Waals surface area contributed by atoms with Crippen LogP contribution in [0.4, 0.5) is 17.1 Å². The van der Waals surface area contributed by atoms with Gasteiger partial charge in [-0.15, -0.1) is 10.2 Å². The Morgan fingerprint density at radius 3 is 2.52 bits per heavy atom. The van der Waals surface area contributed by atoms with Crippen LogP contribution < -0.4 is 0 Å². The molecule has 0 radical (unpaired) electrons. The van der Waals surface area contributed by atoms with Gasteiger partial charge in [0.15, 0.2) is 5.69 Å². The van der Waals surface area contributed by atoms with Crippen LogP contribution in [0.3, 0.4) is 0 Å². The maximum absolute atomic E-state index is 12.5. The molecule has 3 rings (SSSR count). The second-order valence-corrected chi connectivity index (χ2v) is 7.88. The monoisotopic (exact) mass is 389 g/mol. The Hall–Kier alpha value is -3.31. The van der Waals surface area contributed by atoms with Crippen molar-refractivity contribution in [2.75, 3.05) is 14.1 Å². The number of hydrogen-bond acceptors (Lipinski definition) is 7. The van der Waals surface area contributed by atoms with Gasteiger partial charge < -0.3 is 10.1 Å². The van der Waals surface area contributed by atoms with Gasteiger partial charge in [0.1, 0.15) is 10.6 Å². The molecule has 3 aromatic rings. The Morgan fingerprint density at radius 2 is 1.85 bits per heavy atom. The van der Waals surface area contributed by atoms with E-state index >= 15 is 0 Å². The summed E-state index contributed by atoms with van der Waals surface area (Å²) in [6.45, 7) is 0. The summed E-state index contributed by atoms with van der Waals surface area (Å²) in [6.07, 6.45) is 0. The fraction of sp³-hybridized carbons (Fsp3) is 0.125. The molecule has 1 heterocycles. The summed E-state index contributed by atoms with van der Waals surface area (Å²) < 4.78 is 26.0. The van der Waals surface area contributed by atoms with E-state index in [0.29, 0.717) is 10.9 Å². The van der Waals surface area contributed by atoms with Gasteiger partial charge in [-0.1, -0.05) is 18.2 Å². The molecule has 140 valence electrons. The molecular formula is C16H15N5O5S. The number of benzene rings is 2. The van der Waals surface area contributed by atoms with Gasteiger partial charge in [0.05, 0.1) is 10.4 Å². The average molecular weight is 389 g/mol. The van der Waals surface area contributed by atoms with Crippen molar-refractivity contribution < 1.29 is 18.4 Å². The third kappa shape index (κ3) is 3.37. The van der Waals surface area contributed by atoms with Crippen molar-refractivity contribution in [2.45, 2.75) is 4.90 Å². The van der Waals surface area contributed by atoms with E-state index in [2.05, 4.69) is 15.2 Å². The van der Waals surface area contributed by atoms with Gasteiger partial charge in [-0.05, 0) is 12.1 Å². The predicted octanol–water partition coefficient (Wildman–Crippen LogP) is 3.45. The molecule has 2 N–H and O–H groups in total. The number of nitrogens with one attached hydrogen (secondary N) is 1. The molecule has 11 heteroatoms. The first-order valence-electron chi connectivity index (χ1n) is 7.64. The van der Waals surface area contributed by atoms with Crippen LogP contribution >= 0.6 is 0 Å². The summed E-state index contributed by atoms with van der Waals surface area (Å²) in [5.74, 6) is -0.223. The Morgan fingerprint density at radius 1 is 1.15 bits per heavy atom. The minimum Gasteiger partial charge on any atom is -0.493 e. The van der Waals surface area contributed by atoms with Crippen molar-refractivity contribution in [2.24, 2.45) is 10.2 Å². The minimum absolute atomic E-state index is 0.0843. The summed E-state index contributed by atoms with van der Waals surface area (Å²) in [5, 5.41) is 29.5. The number of non-ortho nitro benzene ring substituents is 1. The predicted molar refractivity (Wildman–Crippen MR) is 98.1 cm³/mol. The van der Waals surface area contributed by atoms with Gasteiger partial charge in [0.2, 0.25) is 15.9 Å².